The van der Waals surface area contributed by atoms with Crippen molar-refractivity contribution in [2.75, 3.05) is 18.1 Å². The van der Waals surface area contributed by atoms with Crippen molar-refractivity contribution in [1.82, 2.24) is 10.3 Å². The number of amides is 1. The monoisotopic (exact) mass is 254 g/mol. The van der Waals surface area contributed by atoms with Gasteiger partial charge in [0.15, 0.2) is 5.43 Å². The van der Waals surface area contributed by atoms with Gasteiger partial charge in [0.05, 0.1) is 0 Å². The smallest absolute Gasteiger partial charge is 0.267 e. The molecule has 4 nitrogen and oxygen atoms in total. The highest BCUT2D eigenvalue weighted by molar-refractivity contribution is 7.99. The fraction of sp³-hybridized carbons (Fsp3) is 0.500. The molecule has 1 aromatic heterocycles. The van der Waals surface area contributed by atoms with Gasteiger partial charge in [0.25, 0.3) is 5.91 Å². The number of hydrogen-bond donors (Lipinski definition) is 2. The molecule has 0 fully saturated rings. The van der Waals surface area contributed by atoms with Gasteiger partial charge in [-0.3, -0.25) is 9.59 Å². The second-order valence-electron chi connectivity index (χ2n) is 3.78. The summed E-state index contributed by atoms with van der Waals surface area (Å²) in [5, 5.41) is 2.78. The maximum atomic E-state index is 11.7. The summed E-state index contributed by atoms with van der Waals surface area (Å²) in [6.45, 7) is 4.51. The Labute approximate surface area is 105 Å². The molecule has 1 rings (SSSR count). The summed E-state index contributed by atoms with van der Waals surface area (Å²) in [5.74, 6) is 1.79. The maximum Gasteiger partial charge on any atom is 0.267 e. The highest BCUT2D eigenvalue weighted by Crippen LogP contribution is 2.00. The highest BCUT2D eigenvalue weighted by Gasteiger charge is 2.06. The number of pyridine rings is 1. The second-order valence-corrected chi connectivity index (χ2v) is 5.01. The van der Waals surface area contributed by atoms with E-state index in [4.69, 9.17) is 0 Å². The van der Waals surface area contributed by atoms with Gasteiger partial charge in [-0.2, -0.15) is 11.8 Å². The van der Waals surface area contributed by atoms with E-state index in [1.165, 1.54) is 12.1 Å². The molecule has 1 heterocycles. The molecule has 0 saturated heterocycles. The zero-order valence-electron chi connectivity index (χ0n) is 10.2. The molecule has 17 heavy (non-hydrogen) atoms. The van der Waals surface area contributed by atoms with Crippen LogP contribution in [0.3, 0.4) is 0 Å². The van der Waals surface area contributed by atoms with E-state index < -0.39 is 0 Å². The quantitative estimate of drug-likeness (QED) is 0.757. The van der Waals surface area contributed by atoms with Gasteiger partial charge in [0, 0.05) is 30.1 Å². The lowest BCUT2D eigenvalue weighted by atomic mass is 10.3. The van der Waals surface area contributed by atoms with Crippen molar-refractivity contribution in [2.45, 2.75) is 20.3 Å². The zero-order chi connectivity index (χ0) is 12.7. The third-order valence-electron chi connectivity index (χ3n) is 2.10. The average molecular weight is 254 g/mol. The number of aryl methyl sites for hydroxylation is 1. The first-order valence-corrected chi connectivity index (χ1v) is 6.86. The van der Waals surface area contributed by atoms with Gasteiger partial charge in [-0.25, -0.2) is 0 Å². The second kappa shape index (κ2) is 7.17. The Morgan fingerprint density at radius 2 is 2.18 bits per heavy atom. The summed E-state index contributed by atoms with van der Waals surface area (Å²) < 4.78 is 0. The van der Waals surface area contributed by atoms with Gasteiger partial charge in [-0.05, 0) is 19.1 Å². The zero-order valence-corrected chi connectivity index (χ0v) is 11.0. The highest BCUT2D eigenvalue weighted by atomic mass is 32.2. The van der Waals surface area contributed by atoms with Gasteiger partial charge < -0.3 is 10.3 Å². The van der Waals surface area contributed by atoms with Crippen molar-refractivity contribution < 1.29 is 4.79 Å². The normalized spacial score (nSPS) is 10.2. The summed E-state index contributed by atoms with van der Waals surface area (Å²) in [7, 11) is 0. The molecule has 2 N–H and O–H groups in total. The maximum absolute atomic E-state index is 11.7. The minimum absolute atomic E-state index is 0.147. The molecule has 0 aliphatic heterocycles. The van der Waals surface area contributed by atoms with E-state index in [2.05, 4.69) is 17.2 Å². The summed E-state index contributed by atoms with van der Waals surface area (Å²) in [6.07, 6.45) is 1.14. The number of nitrogens with one attached hydrogen (secondary N) is 2. The lowest BCUT2D eigenvalue weighted by Crippen LogP contribution is -2.27. The minimum atomic E-state index is -0.220. The first-order valence-electron chi connectivity index (χ1n) is 5.70. The van der Waals surface area contributed by atoms with Crippen LogP contribution in [0.4, 0.5) is 0 Å². The predicted molar refractivity (Wildman–Crippen MR) is 71.7 cm³/mol. The van der Waals surface area contributed by atoms with Crippen LogP contribution in [0.5, 0.6) is 0 Å². The number of aromatic nitrogens is 1. The van der Waals surface area contributed by atoms with Crippen molar-refractivity contribution >= 4 is 17.7 Å². The van der Waals surface area contributed by atoms with E-state index in [-0.39, 0.29) is 11.3 Å². The number of hydrogen-bond acceptors (Lipinski definition) is 3. The van der Waals surface area contributed by atoms with Gasteiger partial charge in [-0.15, -0.1) is 0 Å². The molecule has 0 atom stereocenters. The summed E-state index contributed by atoms with van der Waals surface area (Å²) in [5.41, 5.74) is 0.880. The van der Waals surface area contributed by atoms with E-state index in [0.717, 1.165) is 17.9 Å². The van der Waals surface area contributed by atoms with Crippen LogP contribution in [-0.2, 0) is 0 Å². The molecule has 0 saturated carbocycles. The molecular formula is C12H18N2O2S. The Morgan fingerprint density at radius 3 is 2.82 bits per heavy atom. The van der Waals surface area contributed by atoms with Crippen LogP contribution in [0.25, 0.3) is 0 Å². The molecular weight excluding hydrogens is 236 g/mol. The van der Waals surface area contributed by atoms with Crippen molar-refractivity contribution in [3.63, 3.8) is 0 Å². The Bertz CT molecular complexity index is 429. The average Bonchev–Trinajstić information content (AvgIpc) is 2.27. The van der Waals surface area contributed by atoms with Crippen LogP contribution in [0, 0.1) is 6.92 Å². The molecule has 0 bridgehead atoms. The Kier molecular flexibility index (Phi) is 5.83. The first-order chi connectivity index (χ1) is 8.13. The SMILES string of the molecule is CCCSCCNC(=O)c1cc(=O)cc(C)[nH]1. The van der Waals surface area contributed by atoms with E-state index in [0.29, 0.717) is 17.9 Å². The molecule has 94 valence electrons. The predicted octanol–water partition coefficient (Wildman–Crippen LogP) is 1.56. The Balaban J connectivity index is 2.44. The van der Waals surface area contributed by atoms with E-state index in [1.54, 1.807) is 6.92 Å². The van der Waals surface area contributed by atoms with Gasteiger partial charge >= 0.3 is 0 Å². The van der Waals surface area contributed by atoms with Crippen molar-refractivity contribution in [2.24, 2.45) is 0 Å². The fourth-order valence-corrected chi connectivity index (χ4v) is 2.12. The molecule has 0 aliphatic rings. The number of H-pyrrole nitrogens is 1. The molecule has 0 radical (unpaired) electrons. The van der Waals surface area contributed by atoms with Crippen LogP contribution < -0.4 is 10.7 Å². The van der Waals surface area contributed by atoms with Crippen LogP contribution in [-0.4, -0.2) is 28.9 Å². The summed E-state index contributed by atoms with van der Waals surface area (Å²) >= 11 is 1.81. The summed E-state index contributed by atoms with van der Waals surface area (Å²) in [4.78, 5) is 25.8. The number of aromatic amines is 1. The number of rotatable bonds is 6. The van der Waals surface area contributed by atoms with Gasteiger partial charge in [-0.1, -0.05) is 6.92 Å². The molecule has 0 unspecified atom stereocenters. The summed E-state index contributed by atoms with van der Waals surface area (Å²) in [6, 6.07) is 2.79. The largest absolute Gasteiger partial charge is 0.354 e. The molecule has 0 aliphatic carbocycles. The van der Waals surface area contributed by atoms with Crippen molar-refractivity contribution in [3.8, 4) is 0 Å². The number of carbonyl (C=O) groups is 1. The van der Waals surface area contributed by atoms with E-state index >= 15 is 0 Å². The lowest BCUT2D eigenvalue weighted by molar-refractivity contribution is 0.0951. The van der Waals surface area contributed by atoms with Crippen LogP contribution in [0.15, 0.2) is 16.9 Å². The standard InChI is InChI=1S/C12H18N2O2S/c1-3-5-17-6-4-13-12(16)11-8-10(15)7-9(2)14-11/h7-8H,3-6H2,1-2H3,(H,13,16)(H,14,15). The Morgan fingerprint density at radius 1 is 1.41 bits per heavy atom. The third kappa shape index (κ3) is 5.08. The van der Waals surface area contributed by atoms with Gasteiger partial charge in [0.1, 0.15) is 5.69 Å². The molecule has 5 heteroatoms. The molecule has 1 aromatic rings. The lowest BCUT2D eigenvalue weighted by Gasteiger charge is -2.05. The minimum Gasteiger partial charge on any atom is -0.354 e. The van der Waals surface area contributed by atoms with Gasteiger partial charge in [0.2, 0.25) is 0 Å². The van der Waals surface area contributed by atoms with E-state index in [1.807, 2.05) is 11.8 Å². The number of thioether (sulfide) groups is 1. The van der Waals surface area contributed by atoms with E-state index in [9.17, 15) is 9.59 Å². The number of carbonyl (C=O) groups excluding carboxylic acids is 1. The van der Waals surface area contributed by atoms with Crippen molar-refractivity contribution in [1.29, 1.82) is 0 Å². The van der Waals surface area contributed by atoms with Crippen LogP contribution in [0.1, 0.15) is 29.5 Å². The molecule has 0 spiro atoms. The van der Waals surface area contributed by atoms with Crippen LogP contribution >= 0.6 is 11.8 Å². The third-order valence-corrected chi connectivity index (χ3v) is 3.29. The fourth-order valence-electron chi connectivity index (χ4n) is 1.38. The molecule has 1 amide bonds. The molecule has 0 aromatic carbocycles. The Hall–Kier alpha value is -1.23. The topological polar surface area (TPSA) is 62.0 Å². The van der Waals surface area contributed by atoms with Crippen molar-refractivity contribution in [3.05, 3.63) is 33.7 Å². The first kappa shape index (κ1) is 13.8. The van der Waals surface area contributed by atoms with Crippen LogP contribution in [0.2, 0.25) is 0 Å².